The first-order valence-corrected chi connectivity index (χ1v) is 7.71. The topological polar surface area (TPSA) is 70.6 Å². The molecule has 0 aliphatic rings. The lowest BCUT2D eigenvalue weighted by Gasteiger charge is -2.20. The van der Waals surface area contributed by atoms with E-state index in [0.717, 1.165) is 22.4 Å². The van der Waals surface area contributed by atoms with Crippen LogP contribution in [0.5, 0.6) is 0 Å². The molecule has 0 radical (unpaired) electrons. The van der Waals surface area contributed by atoms with Gasteiger partial charge < -0.3 is 16.2 Å². The van der Waals surface area contributed by atoms with Crippen molar-refractivity contribution >= 4 is 47.0 Å². The van der Waals surface area contributed by atoms with Gasteiger partial charge in [-0.2, -0.15) is 11.3 Å². The zero-order chi connectivity index (χ0) is 15.5. The molecule has 0 spiro atoms. The molecule has 0 saturated heterocycles. The Bertz CT molecular complexity index is 619. The monoisotopic (exact) mass is 431 g/mol. The number of rotatable bonds is 4. The minimum absolute atomic E-state index is 0. The standard InChI is InChI=1S/C16H21N3OS.HI/c1-11-6-12(2)8-14(7-11)19-15(17)18-10-16(3,20)13-4-5-21-9-13;/h4-9,20H,10H2,1-3H3,(H3,17,18,19);1H. The van der Waals surface area contributed by atoms with Gasteiger partial charge in [0.1, 0.15) is 5.60 Å². The molecule has 0 amide bonds. The second-order valence-electron chi connectivity index (χ2n) is 5.49. The van der Waals surface area contributed by atoms with E-state index < -0.39 is 5.60 Å². The predicted molar refractivity (Wildman–Crippen MR) is 105 cm³/mol. The van der Waals surface area contributed by atoms with Gasteiger partial charge in [-0.1, -0.05) is 6.07 Å². The first kappa shape index (κ1) is 18.9. The number of nitrogens with one attached hydrogen (secondary N) is 1. The van der Waals surface area contributed by atoms with Gasteiger partial charge in [0.15, 0.2) is 5.96 Å². The summed E-state index contributed by atoms with van der Waals surface area (Å²) >= 11 is 1.55. The van der Waals surface area contributed by atoms with Crippen LogP contribution in [-0.4, -0.2) is 17.6 Å². The fourth-order valence-electron chi connectivity index (χ4n) is 2.14. The highest BCUT2D eigenvalue weighted by Crippen LogP contribution is 2.23. The third kappa shape index (κ3) is 5.26. The van der Waals surface area contributed by atoms with E-state index in [-0.39, 0.29) is 30.5 Å². The van der Waals surface area contributed by atoms with Crippen molar-refractivity contribution < 1.29 is 5.11 Å². The summed E-state index contributed by atoms with van der Waals surface area (Å²) in [6.07, 6.45) is 0. The molecule has 0 aliphatic carbocycles. The second-order valence-corrected chi connectivity index (χ2v) is 6.27. The number of aliphatic imine (C=N–C) groups is 1. The van der Waals surface area contributed by atoms with E-state index in [1.54, 1.807) is 18.3 Å². The molecule has 1 heterocycles. The van der Waals surface area contributed by atoms with Crippen LogP contribution in [0.3, 0.4) is 0 Å². The van der Waals surface area contributed by atoms with Gasteiger partial charge in [-0.3, -0.25) is 0 Å². The minimum atomic E-state index is -1.01. The van der Waals surface area contributed by atoms with E-state index in [1.807, 2.05) is 42.8 Å². The zero-order valence-electron chi connectivity index (χ0n) is 13.0. The van der Waals surface area contributed by atoms with Crippen molar-refractivity contribution in [3.05, 3.63) is 51.7 Å². The zero-order valence-corrected chi connectivity index (χ0v) is 16.1. The molecule has 1 unspecified atom stereocenters. The maximum atomic E-state index is 10.4. The Morgan fingerprint density at radius 2 is 1.95 bits per heavy atom. The van der Waals surface area contributed by atoms with Gasteiger partial charge >= 0.3 is 0 Å². The normalized spacial score (nSPS) is 14.1. The second kappa shape index (κ2) is 7.94. The Hall–Kier alpha value is -1.12. The van der Waals surface area contributed by atoms with Gasteiger partial charge in [0.2, 0.25) is 0 Å². The number of guanidine groups is 1. The van der Waals surface area contributed by atoms with E-state index in [9.17, 15) is 5.11 Å². The van der Waals surface area contributed by atoms with Crippen molar-refractivity contribution in [2.45, 2.75) is 26.4 Å². The number of aliphatic hydroxyl groups is 1. The molecule has 2 rings (SSSR count). The van der Waals surface area contributed by atoms with Crippen LogP contribution in [0, 0.1) is 13.8 Å². The Labute approximate surface area is 152 Å². The number of hydrogen-bond donors (Lipinski definition) is 3. The number of anilines is 1. The van der Waals surface area contributed by atoms with Crippen LogP contribution in [0.1, 0.15) is 23.6 Å². The van der Waals surface area contributed by atoms with Crippen molar-refractivity contribution in [2.75, 3.05) is 11.9 Å². The van der Waals surface area contributed by atoms with Crippen LogP contribution in [0.2, 0.25) is 0 Å². The van der Waals surface area contributed by atoms with Crippen molar-refractivity contribution in [1.29, 1.82) is 0 Å². The molecule has 0 aliphatic heterocycles. The quantitative estimate of drug-likeness (QED) is 0.394. The fraction of sp³-hybridized carbons (Fsp3) is 0.312. The molecule has 120 valence electrons. The summed E-state index contributed by atoms with van der Waals surface area (Å²) in [6.45, 7) is 6.02. The smallest absolute Gasteiger partial charge is 0.193 e. The van der Waals surface area contributed by atoms with Crippen LogP contribution in [0.15, 0.2) is 40.0 Å². The molecule has 1 atom stereocenters. The number of benzene rings is 1. The van der Waals surface area contributed by atoms with E-state index in [4.69, 9.17) is 5.73 Å². The van der Waals surface area contributed by atoms with Gasteiger partial charge in [0.25, 0.3) is 0 Å². The summed E-state index contributed by atoms with van der Waals surface area (Å²) in [4.78, 5) is 4.24. The molecule has 22 heavy (non-hydrogen) atoms. The fourth-order valence-corrected chi connectivity index (χ4v) is 2.92. The van der Waals surface area contributed by atoms with Crippen LogP contribution >= 0.6 is 35.3 Å². The third-order valence-corrected chi connectivity index (χ3v) is 3.88. The molecular formula is C16H22IN3OS. The Morgan fingerprint density at radius 3 is 2.50 bits per heavy atom. The summed E-state index contributed by atoms with van der Waals surface area (Å²) in [6, 6.07) is 8.01. The maximum absolute atomic E-state index is 10.4. The maximum Gasteiger partial charge on any atom is 0.193 e. The van der Waals surface area contributed by atoms with Crippen molar-refractivity contribution in [3.8, 4) is 0 Å². The van der Waals surface area contributed by atoms with Gasteiger partial charge in [0, 0.05) is 5.69 Å². The minimum Gasteiger partial charge on any atom is -0.383 e. The van der Waals surface area contributed by atoms with E-state index in [0.29, 0.717) is 5.96 Å². The molecular weight excluding hydrogens is 409 g/mol. The van der Waals surface area contributed by atoms with Crippen LogP contribution in [-0.2, 0) is 5.60 Å². The highest BCUT2D eigenvalue weighted by molar-refractivity contribution is 14.0. The highest BCUT2D eigenvalue weighted by Gasteiger charge is 2.23. The molecule has 4 nitrogen and oxygen atoms in total. The summed E-state index contributed by atoms with van der Waals surface area (Å²) in [5, 5.41) is 17.3. The molecule has 4 N–H and O–H groups in total. The average Bonchev–Trinajstić information content (AvgIpc) is 2.89. The van der Waals surface area contributed by atoms with Crippen molar-refractivity contribution in [1.82, 2.24) is 0 Å². The lowest BCUT2D eigenvalue weighted by molar-refractivity contribution is 0.0678. The van der Waals surface area contributed by atoms with Gasteiger partial charge in [-0.05, 0) is 66.4 Å². The van der Waals surface area contributed by atoms with E-state index in [1.165, 1.54) is 0 Å². The van der Waals surface area contributed by atoms with Crippen LogP contribution in [0.4, 0.5) is 5.69 Å². The number of thiophene rings is 1. The number of aryl methyl sites for hydroxylation is 2. The SMILES string of the molecule is Cc1cc(C)cc(NC(N)=NCC(C)(O)c2ccsc2)c1.I. The Balaban J connectivity index is 0.00000242. The van der Waals surface area contributed by atoms with Crippen molar-refractivity contribution in [3.63, 3.8) is 0 Å². The molecule has 6 heteroatoms. The number of hydrogen-bond acceptors (Lipinski definition) is 3. The molecule has 0 bridgehead atoms. The highest BCUT2D eigenvalue weighted by atomic mass is 127. The largest absolute Gasteiger partial charge is 0.383 e. The summed E-state index contributed by atoms with van der Waals surface area (Å²) < 4.78 is 0. The van der Waals surface area contributed by atoms with Crippen LogP contribution < -0.4 is 11.1 Å². The predicted octanol–water partition coefficient (Wildman–Crippen LogP) is 3.62. The molecule has 0 fully saturated rings. The Morgan fingerprint density at radius 1 is 1.32 bits per heavy atom. The van der Waals surface area contributed by atoms with Gasteiger partial charge in [0.05, 0.1) is 6.54 Å². The van der Waals surface area contributed by atoms with Crippen molar-refractivity contribution in [2.24, 2.45) is 10.7 Å². The summed E-state index contributed by atoms with van der Waals surface area (Å²) in [5.41, 5.74) is 8.98. The van der Waals surface area contributed by atoms with Gasteiger partial charge in [-0.25, -0.2) is 4.99 Å². The first-order chi connectivity index (χ1) is 9.87. The lowest BCUT2D eigenvalue weighted by atomic mass is 10.00. The lowest BCUT2D eigenvalue weighted by Crippen LogP contribution is -2.29. The number of nitrogens with zero attached hydrogens (tertiary/aromatic N) is 1. The Kier molecular flexibility index (Phi) is 6.83. The van der Waals surface area contributed by atoms with E-state index in [2.05, 4.69) is 16.4 Å². The molecule has 1 aromatic carbocycles. The molecule has 1 aromatic heterocycles. The summed E-state index contributed by atoms with van der Waals surface area (Å²) in [7, 11) is 0. The molecule has 2 aromatic rings. The van der Waals surface area contributed by atoms with Crippen LogP contribution in [0.25, 0.3) is 0 Å². The third-order valence-electron chi connectivity index (χ3n) is 3.19. The van der Waals surface area contributed by atoms with Gasteiger partial charge in [-0.15, -0.1) is 24.0 Å². The first-order valence-electron chi connectivity index (χ1n) is 6.77. The van der Waals surface area contributed by atoms with E-state index >= 15 is 0 Å². The average molecular weight is 431 g/mol. The number of nitrogens with two attached hydrogens (primary N) is 1. The summed E-state index contributed by atoms with van der Waals surface area (Å²) in [5.74, 6) is 0.301. The number of halogens is 1. The molecule has 0 saturated carbocycles.